The van der Waals surface area contributed by atoms with E-state index in [1.165, 1.54) is 50.0 Å². The standard InChI is InChI=1S/C18H31N/c1-6-8-14-19(15-9-7-2)17-12-10-16(11-13-17)18(3,4)5/h10-13H,6-9,14-15H2,1-5H3. The maximum Gasteiger partial charge on any atom is 0.0366 e. The minimum absolute atomic E-state index is 0.246. The van der Waals surface area contributed by atoms with Crippen LogP contribution in [0.5, 0.6) is 0 Å². The first kappa shape index (κ1) is 16.1. The van der Waals surface area contributed by atoms with Gasteiger partial charge in [0.2, 0.25) is 0 Å². The smallest absolute Gasteiger partial charge is 0.0366 e. The maximum atomic E-state index is 2.54. The Balaban J connectivity index is 2.78. The average molecular weight is 261 g/mol. The first-order chi connectivity index (χ1) is 8.99. The van der Waals surface area contributed by atoms with Crippen LogP contribution in [0, 0.1) is 0 Å². The Morgan fingerprint density at radius 2 is 1.32 bits per heavy atom. The predicted molar refractivity (Wildman–Crippen MR) is 87.2 cm³/mol. The third-order valence-electron chi connectivity index (χ3n) is 3.66. The number of anilines is 1. The lowest BCUT2D eigenvalue weighted by atomic mass is 9.87. The van der Waals surface area contributed by atoms with Crippen LogP contribution in [-0.4, -0.2) is 13.1 Å². The lowest BCUT2D eigenvalue weighted by molar-refractivity contribution is 0.590. The lowest BCUT2D eigenvalue weighted by Crippen LogP contribution is -2.25. The van der Waals surface area contributed by atoms with E-state index in [1.54, 1.807) is 0 Å². The summed E-state index contributed by atoms with van der Waals surface area (Å²) in [7, 11) is 0. The molecule has 0 amide bonds. The van der Waals surface area contributed by atoms with Crippen LogP contribution in [-0.2, 0) is 5.41 Å². The van der Waals surface area contributed by atoms with Gasteiger partial charge in [0.15, 0.2) is 0 Å². The van der Waals surface area contributed by atoms with Crippen LogP contribution in [0.15, 0.2) is 24.3 Å². The zero-order valence-electron chi connectivity index (χ0n) is 13.5. The van der Waals surface area contributed by atoms with Gasteiger partial charge in [0.25, 0.3) is 0 Å². The zero-order valence-corrected chi connectivity index (χ0v) is 13.5. The van der Waals surface area contributed by atoms with E-state index < -0.39 is 0 Å². The fraction of sp³-hybridized carbons (Fsp3) is 0.667. The van der Waals surface area contributed by atoms with Crippen LogP contribution in [0.2, 0.25) is 0 Å². The summed E-state index contributed by atoms with van der Waals surface area (Å²) in [6.45, 7) is 13.7. The number of nitrogens with zero attached hydrogens (tertiary/aromatic N) is 1. The molecule has 1 aromatic rings. The molecule has 0 unspecified atom stereocenters. The van der Waals surface area contributed by atoms with Crippen molar-refractivity contribution in [2.45, 2.75) is 65.7 Å². The van der Waals surface area contributed by atoms with Crippen molar-refractivity contribution in [1.82, 2.24) is 0 Å². The Labute approximate surface area is 120 Å². The zero-order chi connectivity index (χ0) is 14.3. The van der Waals surface area contributed by atoms with Gasteiger partial charge in [0, 0.05) is 18.8 Å². The highest BCUT2D eigenvalue weighted by Crippen LogP contribution is 2.25. The average Bonchev–Trinajstić information content (AvgIpc) is 2.38. The number of rotatable bonds is 7. The molecule has 108 valence electrons. The first-order valence-electron chi connectivity index (χ1n) is 7.84. The van der Waals surface area contributed by atoms with E-state index in [0.717, 1.165) is 0 Å². The largest absolute Gasteiger partial charge is 0.372 e. The van der Waals surface area contributed by atoms with Gasteiger partial charge in [-0.25, -0.2) is 0 Å². The second-order valence-corrected chi connectivity index (χ2v) is 6.49. The minimum atomic E-state index is 0.246. The molecule has 0 atom stereocenters. The minimum Gasteiger partial charge on any atom is -0.372 e. The van der Waals surface area contributed by atoms with Crippen molar-refractivity contribution in [2.75, 3.05) is 18.0 Å². The fourth-order valence-corrected chi connectivity index (χ4v) is 2.24. The van der Waals surface area contributed by atoms with Crippen molar-refractivity contribution in [1.29, 1.82) is 0 Å². The van der Waals surface area contributed by atoms with E-state index in [-0.39, 0.29) is 5.41 Å². The summed E-state index contributed by atoms with van der Waals surface area (Å²) >= 11 is 0. The summed E-state index contributed by atoms with van der Waals surface area (Å²) in [5, 5.41) is 0. The first-order valence-corrected chi connectivity index (χ1v) is 7.84. The molecule has 0 aliphatic heterocycles. The molecule has 0 aliphatic rings. The van der Waals surface area contributed by atoms with E-state index in [1.807, 2.05) is 0 Å². The van der Waals surface area contributed by atoms with Crippen molar-refractivity contribution in [2.24, 2.45) is 0 Å². The topological polar surface area (TPSA) is 3.24 Å². The van der Waals surface area contributed by atoms with Crippen molar-refractivity contribution in [3.8, 4) is 0 Å². The number of hydrogen-bond donors (Lipinski definition) is 0. The number of benzene rings is 1. The Morgan fingerprint density at radius 3 is 1.68 bits per heavy atom. The second kappa shape index (κ2) is 7.57. The van der Waals surface area contributed by atoms with Gasteiger partial charge in [-0.1, -0.05) is 59.6 Å². The molecular formula is C18H31N. The quantitative estimate of drug-likeness (QED) is 0.636. The van der Waals surface area contributed by atoms with Crippen molar-refractivity contribution in [3.63, 3.8) is 0 Å². The van der Waals surface area contributed by atoms with Gasteiger partial charge < -0.3 is 4.90 Å². The second-order valence-electron chi connectivity index (χ2n) is 6.49. The Kier molecular flexibility index (Phi) is 6.41. The molecule has 1 heteroatoms. The molecule has 0 saturated carbocycles. The summed E-state index contributed by atoms with van der Waals surface area (Å²) in [5.74, 6) is 0. The van der Waals surface area contributed by atoms with Gasteiger partial charge in [0.1, 0.15) is 0 Å². The van der Waals surface area contributed by atoms with Crippen LogP contribution in [0.3, 0.4) is 0 Å². The van der Waals surface area contributed by atoms with Gasteiger partial charge in [-0.3, -0.25) is 0 Å². The van der Waals surface area contributed by atoms with Crippen LogP contribution < -0.4 is 4.90 Å². The van der Waals surface area contributed by atoms with Crippen LogP contribution >= 0.6 is 0 Å². The summed E-state index contributed by atoms with van der Waals surface area (Å²) in [5.41, 5.74) is 3.05. The molecule has 0 spiro atoms. The predicted octanol–water partition coefficient (Wildman–Crippen LogP) is 5.39. The van der Waals surface area contributed by atoms with E-state index >= 15 is 0 Å². The maximum absolute atomic E-state index is 2.54. The highest BCUT2D eigenvalue weighted by atomic mass is 15.1. The Morgan fingerprint density at radius 1 is 0.842 bits per heavy atom. The van der Waals surface area contributed by atoms with Crippen molar-refractivity contribution in [3.05, 3.63) is 29.8 Å². The monoisotopic (exact) mass is 261 g/mol. The molecule has 0 fully saturated rings. The molecule has 1 nitrogen and oxygen atoms in total. The summed E-state index contributed by atoms with van der Waals surface area (Å²) in [6.07, 6.45) is 5.10. The molecular weight excluding hydrogens is 230 g/mol. The van der Waals surface area contributed by atoms with E-state index in [4.69, 9.17) is 0 Å². The molecule has 0 aliphatic carbocycles. The summed E-state index contributed by atoms with van der Waals surface area (Å²) in [6, 6.07) is 9.18. The molecule has 0 radical (unpaired) electrons. The molecule has 19 heavy (non-hydrogen) atoms. The van der Waals surface area contributed by atoms with Crippen LogP contribution in [0.4, 0.5) is 5.69 Å². The van der Waals surface area contributed by atoms with E-state index in [9.17, 15) is 0 Å². The Bertz CT molecular complexity index is 337. The Hall–Kier alpha value is -0.980. The molecule has 1 aromatic carbocycles. The lowest BCUT2D eigenvalue weighted by Gasteiger charge is -2.26. The van der Waals surface area contributed by atoms with E-state index in [2.05, 4.69) is 63.8 Å². The van der Waals surface area contributed by atoms with Gasteiger partial charge in [-0.05, 0) is 36.0 Å². The summed E-state index contributed by atoms with van der Waals surface area (Å²) in [4.78, 5) is 2.54. The third-order valence-corrected chi connectivity index (χ3v) is 3.66. The van der Waals surface area contributed by atoms with Crippen molar-refractivity contribution >= 4 is 5.69 Å². The van der Waals surface area contributed by atoms with Gasteiger partial charge in [-0.2, -0.15) is 0 Å². The normalized spacial score (nSPS) is 11.6. The molecule has 0 bridgehead atoms. The molecule has 0 saturated heterocycles. The van der Waals surface area contributed by atoms with Crippen molar-refractivity contribution < 1.29 is 0 Å². The SMILES string of the molecule is CCCCN(CCCC)c1ccc(C(C)(C)C)cc1. The van der Waals surface area contributed by atoms with Gasteiger partial charge >= 0.3 is 0 Å². The highest BCUT2D eigenvalue weighted by Gasteiger charge is 2.14. The van der Waals surface area contributed by atoms with Gasteiger partial charge in [-0.15, -0.1) is 0 Å². The molecule has 0 heterocycles. The van der Waals surface area contributed by atoms with Crippen LogP contribution in [0.1, 0.15) is 65.9 Å². The van der Waals surface area contributed by atoms with E-state index in [0.29, 0.717) is 0 Å². The van der Waals surface area contributed by atoms with Crippen LogP contribution in [0.25, 0.3) is 0 Å². The molecule has 0 N–H and O–H groups in total. The molecule has 1 rings (SSSR count). The highest BCUT2D eigenvalue weighted by molar-refractivity contribution is 5.48. The molecule has 0 aromatic heterocycles. The number of unbranched alkanes of at least 4 members (excludes halogenated alkanes) is 2. The fourth-order valence-electron chi connectivity index (χ4n) is 2.24. The third kappa shape index (κ3) is 5.26. The summed E-state index contributed by atoms with van der Waals surface area (Å²) < 4.78 is 0. The number of hydrogen-bond acceptors (Lipinski definition) is 1. The van der Waals surface area contributed by atoms with Gasteiger partial charge in [0.05, 0.1) is 0 Å².